The van der Waals surface area contributed by atoms with Gasteiger partial charge < -0.3 is 4.74 Å². The first kappa shape index (κ1) is 14.0. The normalized spacial score (nSPS) is 10.2. The van der Waals surface area contributed by atoms with Gasteiger partial charge in [0.1, 0.15) is 11.6 Å². The molecule has 0 unspecified atom stereocenters. The molecule has 0 radical (unpaired) electrons. The number of hydrogen-bond donors (Lipinski definition) is 0. The van der Waals surface area contributed by atoms with Crippen LogP contribution in [0.25, 0.3) is 0 Å². The number of halogens is 2. The van der Waals surface area contributed by atoms with Crippen molar-refractivity contribution in [3.8, 4) is 5.75 Å². The summed E-state index contributed by atoms with van der Waals surface area (Å²) in [6, 6.07) is 13.2. The lowest BCUT2D eigenvalue weighted by molar-refractivity contribution is 0.0962. The van der Waals surface area contributed by atoms with Gasteiger partial charge in [-0.15, -0.1) is 0 Å². The van der Waals surface area contributed by atoms with Crippen molar-refractivity contribution in [2.24, 2.45) is 0 Å². The first-order valence-corrected chi connectivity index (χ1v) is 6.90. The van der Waals surface area contributed by atoms with Crippen LogP contribution in [0.1, 0.15) is 16.8 Å². The average Bonchev–Trinajstić information content (AvgIpc) is 2.41. The van der Waals surface area contributed by atoms with Crippen LogP contribution in [0.5, 0.6) is 5.75 Å². The van der Waals surface area contributed by atoms with Gasteiger partial charge in [-0.25, -0.2) is 4.39 Å². The van der Waals surface area contributed by atoms with Gasteiger partial charge in [0.2, 0.25) is 0 Å². The topological polar surface area (TPSA) is 26.3 Å². The molecule has 0 saturated heterocycles. The Morgan fingerprint density at radius 3 is 2.32 bits per heavy atom. The van der Waals surface area contributed by atoms with Crippen LogP contribution in [0, 0.1) is 9.39 Å². The zero-order valence-electron chi connectivity index (χ0n) is 10.1. The standard InChI is InChI=1S/C15H12FIO2/c16-12-3-1-11(2-4-12)15(18)9-10-19-14-7-5-13(17)6-8-14/h1-8H,9-10H2. The Balaban J connectivity index is 1.84. The summed E-state index contributed by atoms with van der Waals surface area (Å²) >= 11 is 2.21. The highest BCUT2D eigenvalue weighted by atomic mass is 127. The number of hydrogen-bond acceptors (Lipinski definition) is 2. The second kappa shape index (κ2) is 6.65. The molecular weight excluding hydrogens is 358 g/mol. The smallest absolute Gasteiger partial charge is 0.166 e. The minimum atomic E-state index is -0.341. The third-order valence-corrected chi connectivity index (χ3v) is 3.30. The monoisotopic (exact) mass is 370 g/mol. The fourth-order valence-electron chi connectivity index (χ4n) is 1.57. The molecule has 0 amide bonds. The third-order valence-electron chi connectivity index (χ3n) is 2.58. The lowest BCUT2D eigenvalue weighted by Crippen LogP contribution is -2.06. The number of carbonyl (C=O) groups excluding carboxylic acids is 1. The summed E-state index contributed by atoms with van der Waals surface area (Å²) in [7, 11) is 0. The quantitative estimate of drug-likeness (QED) is 0.586. The Hall–Kier alpha value is -1.43. The van der Waals surface area contributed by atoms with Gasteiger partial charge in [-0.1, -0.05) is 0 Å². The number of benzene rings is 2. The van der Waals surface area contributed by atoms with Crippen LogP contribution in [0.2, 0.25) is 0 Å². The number of rotatable bonds is 5. The maximum absolute atomic E-state index is 12.7. The summed E-state index contributed by atoms with van der Waals surface area (Å²) in [5.41, 5.74) is 0.507. The van der Waals surface area contributed by atoms with Crippen molar-refractivity contribution < 1.29 is 13.9 Å². The van der Waals surface area contributed by atoms with Gasteiger partial charge in [0.05, 0.1) is 6.61 Å². The third kappa shape index (κ3) is 4.31. The molecule has 0 aliphatic carbocycles. The van der Waals surface area contributed by atoms with Gasteiger partial charge in [0.25, 0.3) is 0 Å². The van der Waals surface area contributed by atoms with E-state index >= 15 is 0 Å². The van der Waals surface area contributed by atoms with Gasteiger partial charge in [0.15, 0.2) is 5.78 Å². The van der Waals surface area contributed by atoms with Crippen LogP contribution in [0.4, 0.5) is 4.39 Å². The number of carbonyl (C=O) groups is 1. The summed E-state index contributed by atoms with van der Waals surface area (Å²) < 4.78 is 19.3. The van der Waals surface area contributed by atoms with Crippen molar-refractivity contribution in [1.29, 1.82) is 0 Å². The molecule has 2 rings (SSSR count). The zero-order valence-corrected chi connectivity index (χ0v) is 12.3. The molecule has 4 heteroatoms. The van der Waals surface area contributed by atoms with Gasteiger partial charge in [-0.2, -0.15) is 0 Å². The van der Waals surface area contributed by atoms with E-state index in [1.807, 2.05) is 24.3 Å². The molecule has 0 saturated carbocycles. The molecule has 0 fully saturated rings. The van der Waals surface area contributed by atoms with Crippen molar-refractivity contribution >= 4 is 28.4 Å². The molecule has 98 valence electrons. The molecule has 0 bridgehead atoms. The predicted octanol–water partition coefficient (Wildman–Crippen LogP) is 4.08. The van der Waals surface area contributed by atoms with E-state index in [1.165, 1.54) is 24.3 Å². The van der Waals surface area contributed by atoms with E-state index in [0.717, 1.165) is 9.32 Å². The van der Waals surface area contributed by atoms with Gasteiger partial charge in [-0.05, 0) is 71.1 Å². The van der Waals surface area contributed by atoms with E-state index < -0.39 is 0 Å². The second-order valence-corrected chi connectivity index (χ2v) is 5.23. The van der Waals surface area contributed by atoms with Crippen molar-refractivity contribution in [2.45, 2.75) is 6.42 Å². The van der Waals surface area contributed by atoms with E-state index in [1.54, 1.807) is 0 Å². The van der Waals surface area contributed by atoms with Crippen LogP contribution in [-0.2, 0) is 0 Å². The van der Waals surface area contributed by atoms with Crippen LogP contribution in [0.15, 0.2) is 48.5 Å². The SMILES string of the molecule is O=C(CCOc1ccc(I)cc1)c1ccc(F)cc1. The average molecular weight is 370 g/mol. The molecule has 0 aromatic heterocycles. The second-order valence-electron chi connectivity index (χ2n) is 3.98. The van der Waals surface area contributed by atoms with Gasteiger partial charge in [0, 0.05) is 15.6 Å². The minimum Gasteiger partial charge on any atom is -0.493 e. The van der Waals surface area contributed by atoms with Crippen LogP contribution in [0.3, 0.4) is 0 Å². The number of ketones is 1. The Morgan fingerprint density at radius 1 is 1.05 bits per heavy atom. The van der Waals surface area contributed by atoms with E-state index in [4.69, 9.17) is 4.74 Å². The van der Waals surface area contributed by atoms with Crippen molar-refractivity contribution in [2.75, 3.05) is 6.61 Å². The van der Waals surface area contributed by atoms with Crippen molar-refractivity contribution in [1.82, 2.24) is 0 Å². The van der Waals surface area contributed by atoms with E-state index in [9.17, 15) is 9.18 Å². The van der Waals surface area contributed by atoms with Gasteiger partial charge >= 0.3 is 0 Å². The number of ether oxygens (including phenoxy) is 1. The van der Waals surface area contributed by atoms with Crippen molar-refractivity contribution in [3.05, 3.63) is 63.5 Å². The molecule has 2 nitrogen and oxygen atoms in total. The van der Waals surface area contributed by atoms with Crippen LogP contribution >= 0.6 is 22.6 Å². The maximum Gasteiger partial charge on any atom is 0.166 e. The maximum atomic E-state index is 12.7. The summed E-state index contributed by atoms with van der Waals surface area (Å²) in [6.45, 7) is 0.316. The molecule has 2 aromatic carbocycles. The molecule has 0 heterocycles. The first-order chi connectivity index (χ1) is 9.15. The number of Topliss-reactive ketones (excluding diaryl/α,β-unsaturated/α-hetero) is 1. The highest BCUT2D eigenvalue weighted by Gasteiger charge is 2.06. The van der Waals surface area contributed by atoms with Gasteiger partial charge in [-0.3, -0.25) is 4.79 Å². The summed E-state index contributed by atoms with van der Waals surface area (Å²) in [6.07, 6.45) is 0.275. The Bertz CT molecular complexity index is 549. The van der Waals surface area contributed by atoms with E-state index in [2.05, 4.69) is 22.6 Å². The Morgan fingerprint density at radius 2 is 1.68 bits per heavy atom. The minimum absolute atomic E-state index is 0.0505. The van der Waals surface area contributed by atoms with Crippen molar-refractivity contribution in [3.63, 3.8) is 0 Å². The Labute approximate surface area is 124 Å². The van der Waals surface area contributed by atoms with Crippen LogP contribution < -0.4 is 4.74 Å². The molecule has 0 spiro atoms. The van der Waals surface area contributed by atoms with E-state index in [0.29, 0.717) is 12.2 Å². The fourth-order valence-corrected chi connectivity index (χ4v) is 1.93. The summed E-state index contributed by atoms with van der Waals surface area (Å²) in [5, 5.41) is 0. The first-order valence-electron chi connectivity index (χ1n) is 5.82. The lowest BCUT2D eigenvalue weighted by Gasteiger charge is -2.05. The fraction of sp³-hybridized carbons (Fsp3) is 0.133. The summed E-state index contributed by atoms with van der Waals surface area (Å²) in [4.78, 5) is 11.8. The molecule has 0 atom stereocenters. The molecule has 0 N–H and O–H groups in total. The largest absolute Gasteiger partial charge is 0.493 e. The lowest BCUT2D eigenvalue weighted by atomic mass is 10.1. The molecule has 0 aliphatic heterocycles. The zero-order chi connectivity index (χ0) is 13.7. The Kier molecular flexibility index (Phi) is 4.90. The molecule has 2 aromatic rings. The van der Waals surface area contributed by atoms with Crippen LogP contribution in [-0.4, -0.2) is 12.4 Å². The highest BCUT2D eigenvalue weighted by molar-refractivity contribution is 14.1. The van der Waals surface area contributed by atoms with E-state index in [-0.39, 0.29) is 18.0 Å². The molecule has 0 aliphatic rings. The molecule has 19 heavy (non-hydrogen) atoms. The highest BCUT2D eigenvalue weighted by Crippen LogP contribution is 2.14. The summed E-state index contributed by atoms with van der Waals surface area (Å²) in [5.74, 6) is 0.351. The molecular formula is C15H12FIO2. The predicted molar refractivity (Wildman–Crippen MR) is 80.0 cm³/mol.